The maximum Gasteiger partial charge on any atom is 0.254 e. The van der Waals surface area contributed by atoms with Gasteiger partial charge in [-0.25, -0.2) is 9.97 Å². The Morgan fingerprint density at radius 2 is 1.89 bits per heavy atom. The molecule has 1 aromatic carbocycles. The van der Waals surface area contributed by atoms with E-state index in [2.05, 4.69) is 60.3 Å². The van der Waals surface area contributed by atoms with Crippen LogP contribution in [0.1, 0.15) is 80.7 Å². The lowest BCUT2D eigenvalue weighted by atomic mass is 9.92. The van der Waals surface area contributed by atoms with Gasteiger partial charge in [-0.3, -0.25) is 9.69 Å². The van der Waals surface area contributed by atoms with Crippen molar-refractivity contribution < 1.29 is 9.53 Å². The van der Waals surface area contributed by atoms with Crippen molar-refractivity contribution in [3.63, 3.8) is 0 Å². The number of aromatic nitrogens is 3. The number of hydrogen-bond donors (Lipinski definition) is 0. The smallest absolute Gasteiger partial charge is 0.254 e. The number of amides is 1. The summed E-state index contributed by atoms with van der Waals surface area (Å²) in [4.78, 5) is 27.1. The number of rotatable bonds is 8. The first-order valence-corrected chi connectivity index (χ1v) is 12.8. The van der Waals surface area contributed by atoms with E-state index in [0.29, 0.717) is 18.2 Å². The summed E-state index contributed by atoms with van der Waals surface area (Å²) >= 11 is 0. The van der Waals surface area contributed by atoms with Crippen molar-refractivity contribution in [3.8, 4) is 5.75 Å². The highest BCUT2D eigenvalue weighted by Gasteiger charge is 2.29. The zero-order valence-corrected chi connectivity index (χ0v) is 22.0. The maximum atomic E-state index is 13.6. The maximum absolute atomic E-state index is 13.6. The summed E-state index contributed by atoms with van der Waals surface area (Å²) in [5, 5.41) is 0. The van der Waals surface area contributed by atoms with Crippen LogP contribution in [0.15, 0.2) is 36.5 Å². The van der Waals surface area contributed by atoms with Crippen molar-refractivity contribution in [1.82, 2.24) is 24.3 Å². The van der Waals surface area contributed by atoms with Gasteiger partial charge in [0.05, 0.1) is 25.2 Å². The third-order valence-corrected chi connectivity index (χ3v) is 7.32. The van der Waals surface area contributed by atoms with Crippen LogP contribution in [0.25, 0.3) is 11.2 Å². The molecule has 1 aliphatic rings. The second kappa shape index (κ2) is 10.8. The molecule has 1 atom stereocenters. The fraction of sp³-hybridized carbons (Fsp3) is 0.536. The van der Waals surface area contributed by atoms with Gasteiger partial charge in [0, 0.05) is 29.4 Å². The molecular formula is C28H39N5O2. The molecule has 1 amide bonds. The normalized spacial score (nSPS) is 15.7. The summed E-state index contributed by atoms with van der Waals surface area (Å²) in [6, 6.07) is 10.5. The van der Waals surface area contributed by atoms with Gasteiger partial charge in [-0.2, -0.15) is 0 Å². The minimum Gasteiger partial charge on any atom is -0.496 e. The Labute approximate surface area is 209 Å². The molecule has 188 valence electrons. The Balaban J connectivity index is 1.67. The van der Waals surface area contributed by atoms with Crippen LogP contribution >= 0.6 is 0 Å². The van der Waals surface area contributed by atoms with E-state index in [1.807, 2.05) is 24.3 Å². The van der Waals surface area contributed by atoms with Gasteiger partial charge in [-0.15, -0.1) is 0 Å². The lowest BCUT2D eigenvalue weighted by Crippen LogP contribution is -2.45. The molecule has 7 nitrogen and oxygen atoms in total. The van der Waals surface area contributed by atoms with E-state index in [9.17, 15) is 4.79 Å². The van der Waals surface area contributed by atoms with Crippen LogP contribution in [0, 0.1) is 0 Å². The molecule has 4 rings (SSSR count). The van der Waals surface area contributed by atoms with Gasteiger partial charge in [-0.1, -0.05) is 25.3 Å². The molecule has 2 aromatic heterocycles. The average molecular weight is 478 g/mol. The second-order valence-corrected chi connectivity index (χ2v) is 10.2. The lowest BCUT2D eigenvalue weighted by molar-refractivity contribution is 0.0555. The molecule has 1 unspecified atom stereocenters. The highest BCUT2D eigenvalue weighted by atomic mass is 16.5. The van der Waals surface area contributed by atoms with Crippen molar-refractivity contribution in [2.24, 2.45) is 0 Å². The van der Waals surface area contributed by atoms with Crippen molar-refractivity contribution in [2.75, 3.05) is 21.2 Å². The molecule has 0 aliphatic heterocycles. The molecule has 1 fully saturated rings. The first kappa shape index (κ1) is 25.2. The predicted octanol–water partition coefficient (Wildman–Crippen LogP) is 5.29. The molecule has 1 saturated carbocycles. The molecule has 7 heteroatoms. The second-order valence-electron chi connectivity index (χ2n) is 10.2. The summed E-state index contributed by atoms with van der Waals surface area (Å²) < 4.78 is 8.00. The largest absolute Gasteiger partial charge is 0.496 e. The van der Waals surface area contributed by atoms with Crippen LogP contribution in [0.3, 0.4) is 0 Å². The van der Waals surface area contributed by atoms with Gasteiger partial charge >= 0.3 is 0 Å². The van der Waals surface area contributed by atoms with Crippen molar-refractivity contribution in [1.29, 1.82) is 0 Å². The Morgan fingerprint density at radius 1 is 1.14 bits per heavy atom. The first-order valence-electron chi connectivity index (χ1n) is 12.8. The van der Waals surface area contributed by atoms with Crippen molar-refractivity contribution in [2.45, 2.75) is 77.5 Å². The Morgan fingerprint density at radius 3 is 2.54 bits per heavy atom. The number of fused-ring (bicyclic) bond motifs is 1. The van der Waals surface area contributed by atoms with Gasteiger partial charge in [-0.05, 0) is 72.0 Å². The fourth-order valence-corrected chi connectivity index (χ4v) is 5.20. The van der Waals surface area contributed by atoms with Crippen LogP contribution in [-0.2, 0) is 6.54 Å². The van der Waals surface area contributed by atoms with Crippen molar-refractivity contribution >= 4 is 17.1 Å². The van der Waals surface area contributed by atoms with E-state index >= 15 is 0 Å². The minimum atomic E-state index is 0.0935. The molecule has 0 radical (unpaired) electrons. The van der Waals surface area contributed by atoms with E-state index in [-0.39, 0.29) is 18.0 Å². The molecular weight excluding hydrogens is 438 g/mol. The lowest BCUT2D eigenvalue weighted by Gasteiger charge is -2.37. The van der Waals surface area contributed by atoms with Crippen LogP contribution < -0.4 is 4.74 Å². The highest BCUT2D eigenvalue weighted by Crippen LogP contribution is 2.30. The third-order valence-electron chi connectivity index (χ3n) is 7.32. The number of carbonyl (C=O) groups is 1. The van der Waals surface area contributed by atoms with Crippen molar-refractivity contribution in [3.05, 3.63) is 53.5 Å². The fourth-order valence-electron chi connectivity index (χ4n) is 5.20. The molecule has 1 aliphatic carbocycles. The predicted molar refractivity (Wildman–Crippen MR) is 140 cm³/mol. The first-order chi connectivity index (χ1) is 16.8. The standard InChI is InChI=1S/C28H39N5O2/c1-19(2)33(23-11-8-7-9-12-23)28(34)21-14-15-22(25(17-21)35-6)18-32-24-13-10-16-29-26(24)30-27(32)20(3)31(4)5/h10,13-17,19-20,23H,7-9,11-12,18H2,1-6H3. The third kappa shape index (κ3) is 5.20. The highest BCUT2D eigenvalue weighted by molar-refractivity contribution is 5.95. The number of ether oxygens (including phenoxy) is 1. The van der Waals surface area contributed by atoms with E-state index in [1.54, 1.807) is 13.3 Å². The number of nitrogens with zero attached hydrogens (tertiary/aromatic N) is 5. The molecule has 0 bridgehead atoms. The summed E-state index contributed by atoms with van der Waals surface area (Å²) in [6.45, 7) is 6.96. The Bertz CT molecular complexity index is 1160. The Hall–Kier alpha value is -2.93. The molecule has 0 N–H and O–H groups in total. The van der Waals surface area contributed by atoms with E-state index in [1.165, 1.54) is 19.3 Å². The number of hydrogen-bond acceptors (Lipinski definition) is 5. The van der Waals surface area contributed by atoms with Gasteiger partial charge in [0.15, 0.2) is 5.65 Å². The van der Waals surface area contributed by atoms with E-state index in [0.717, 1.165) is 41.1 Å². The van der Waals surface area contributed by atoms with Gasteiger partial charge in [0.2, 0.25) is 0 Å². The SMILES string of the molecule is COc1cc(C(=O)N(C(C)C)C2CCCCC2)ccc1Cn1c(C(C)N(C)C)nc2ncccc21. The number of carbonyl (C=O) groups excluding carboxylic acids is 1. The molecule has 0 spiro atoms. The quantitative estimate of drug-likeness (QED) is 0.441. The summed E-state index contributed by atoms with van der Waals surface area (Å²) in [7, 11) is 5.77. The molecule has 3 aromatic rings. The average Bonchev–Trinajstić information content (AvgIpc) is 3.22. The molecule has 0 saturated heterocycles. The van der Waals surface area contributed by atoms with Crippen LogP contribution in [0.2, 0.25) is 0 Å². The topological polar surface area (TPSA) is 63.5 Å². The van der Waals surface area contributed by atoms with Crippen LogP contribution in [0.4, 0.5) is 0 Å². The van der Waals surface area contributed by atoms with Gasteiger partial charge < -0.3 is 14.2 Å². The number of pyridine rings is 1. The number of methoxy groups -OCH3 is 1. The number of benzene rings is 1. The summed E-state index contributed by atoms with van der Waals surface area (Å²) in [5.74, 6) is 1.77. The zero-order chi connectivity index (χ0) is 25.1. The Kier molecular flexibility index (Phi) is 7.75. The zero-order valence-electron chi connectivity index (χ0n) is 22.0. The number of imidazole rings is 1. The summed E-state index contributed by atoms with van der Waals surface area (Å²) in [5.41, 5.74) is 3.42. The monoisotopic (exact) mass is 477 g/mol. The molecule has 35 heavy (non-hydrogen) atoms. The van der Waals surface area contributed by atoms with Crippen LogP contribution in [-0.4, -0.2) is 63.5 Å². The molecule has 2 heterocycles. The van der Waals surface area contributed by atoms with E-state index < -0.39 is 0 Å². The minimum absolute atomic E-state index is 0.0935. The van der Waals surface area contributed by atoms with Gasteiger partial charge in [0.25, 0.3) is 5.91 Å². The van der Waals surface area contributed by atoms with Gasteiger partial charge in [0.1, 0.15) is 11.6 Å². The van der Waals surface area contributed by atoms with Crippen LogP contribution in [0.5, 0.6) is 5.75 Å². The van der Waals surface area contributed by atoms with E-state index in [4.69, 9.17) is 9.72 Å². The summed E-state index contributed by atoms with van der Waals surface area (Å²) in [6.07, 6.45) is 7.63.